The predicted octanol–water partition coefficient (Wildman–Crippen LogP) is 4.90. The van der Waals surface area contributed by atoms with Crippen molar-refractivity contribution in [2.24, 2.45) is 11.3 Å². The summed E-state index contributed by atoms with van der Waals surface area (Å²) in [6, 6.07) is 10.7. The molecule has 1 aliphatic heterocycles. The molecule has 0 saturated carbocycles. The first-order chi connectivity index (χ1) is 10.7. The second-order valence-corrected chi connectivity index (χ2v) is 8.40. The summed E-state index contributed by atoms with van der Waals surface area (Å²) in [7, 11) is 0. The quantitative estimate of drug-likeness (QED) is 0.793. The van der Waals surface area contributed by atoms with Crippen LogP contribution in [0.5, 0.6) is 0 Å². The van der Waals surface area contributed by atoms with Gasteiger partial charge >= 0.3 is 6.09 Å². The molecular formula is C20H31NO2. The van der Waals surface area contributed by atoms with E-state index in [0.29, 0.717) is 5.92 Å². The van der Waals surface area contributed by atoms with Crippen molar-refractivity contribution in [2.75, 3.05) is 13.1 Å². The maximum atomic E-state index is 12.3. The SMILES string of the molecule is CC(C)(C)OC(=O)N1CCC(CCc2ccccc2)C(C)(C)C1. The molecule has 0 N–H and O–H groups in total. The maximum Gasteiger partial charge on any atom is 0.410 e. The standard InChI is InChI=1S/C20H31NO2/c1-19(2,3)23-18(22)21-14-13-17(20(4,5)15-21)12-11-16-9-7-6-8-10-16/h6-10,17H,11-15H2,1-5H3. The van der Waals surface area contributed by atoms with Crippen molar-refractivity contribution in [2.45, 2.75) is 59.5 Å². The highest BCUT2D eigenvalue weighted by atomic mass is 16.6. The molecule has 1 aromatic rings. The van der Waals surface area contributed by atoms with Gasteiger partial charge < -0.3 is 9.64 Å². The molecule has 23 heavy (non-hydrogen) atoms. The normalized spacial score (nSPS) is 21.1. The van der Waals surface area contributed by atoms with Crippen molar-refractivity contribution in [3.05, 3.63) is 35.9 Å². The van der Waals surface area contributed by atoms with Crippen molar-refractivity contribution in [3.63, 3.8) is 0 Å². The monoisotopic (exact) mass is 317 g/mol. The van der Waals surface area contributed by atoms with Crippen molar-refractivity contribution in [1.82, 2.24) is 4.90 Å². The van der Waals surface area contributed by atoms with Gasteiger partial charge in [-0.3, -0.25) is 0 Å². The summed E-state index contributed by atoms with van der Waals surface area (Å²) in [5.41, 5.74) is 1.10. The van der Waals surface area contributed by atoms with Crippen molar-refractivity contribution in [1.29, 1.82) is 0 Å². The molecule has 1 aliphatic rings. The Morgan fingerprint density at radius 2 is 1.91 bits per heavy atom. The third-order valence-electron chi connectivity index (χ3n) is 4.73. The fraction of sp³-hybridized carbons (Fsp3) is 0.650. The number of carbonyl (C=O) groups excluding carboxylic acids is 1. The van der Waals surface area contributed by atoms with Gasteiger partial charge in [0.1, 0.15) is 5.60 Å². The molecule has 0 radical (unpaired) electrons. The molecule has 1 saturated heterocycles. The maximum absolute atomic E-state index is 12.3. The zero-order chi connectivity index (χ0) is 17.1. The Labute approximate surface area is 141 Å². The fourth-order valence-electron chi connectivity index (χ4n) is 3.41. The smallest absolute Gasteiger partial charge is 0.410 e. The molecule has 1 aromatic carbocycles. The van der Waals surface area contributed by atoms with Crippen LogP contribution in [-0.4, -0.2) is 29.7 Å². The van der Waals surface area contributed by atoms with E-state index in [1.807, 2.05) is 25.7 Å². The lowest BCUT2D eigenvalue weighted by Gasteiger charge is -2.44. The molecule has 0 spiro atoms. The van der Waals surface area contributed by atoms with E-state index in [9.17, 15) is 4.79 Å². The number of nitrogens with zero attached hydrogens (tertiary/aromatic N) is 1. The van der Waals surface area contributed by atoms with E-state index < -0.39 is 5.60 Å². The van der Waals surface area contributed by atoms with Gasteiger partial charge in [-0.05, 0) is 56.9 Å². The predicted molar refractivity (Wildman–Crippen MR) is 94.5 cm³/mol. The van der Waals surface area contributed by atoms with E-state index in [0.717, 1.165) is 25.9 Å². The topological polar surface area (TPSA) is 29.5 Å². The van der Waals surface area contributed by atoms with E-state index >= 15 is 0 Å². The highest BCUT2D eigenvalue weighted by molar-refractivity contribution is 5.68. The number of likely N-dealkylation sites (tertiary alicyclic amines) is 1. The van der Waals surface area contributed by atoms with Crippen molar-refractivity contribution in [3.8, 4) is 0 Å². The minimum absolute atomic E-state index is 0.129. The van der Waals surface area contributed by atoms with Crippen molar-refractivity contribution < 1.29 is 9.53 Å². The molecular weight excluding hydrogens is 286 g/mol. The number of ether oxygens (including phenoxy) is 1. The summed E-state index contributed by atoms with van der Waals surface area (Å²) >= 11 is 0. The highest BCUT2D eigenvalue weighted by Gasteiger charge is 2.38. The van der Waals surface area contributed by atoms with Crippen LogP contribution >= 0.6 is 0 Å². The molecule has 0 aliphatic carbocycles. The molecule has 1 atom stereocenters. The largest absolute Gasteiger partial charge is 0.444 e. The van der Waals surface area contributed by atoms with Crippen LogP contribution in [0, 0.1) is 11.3 Å². The van der Waals surface area contributed by atoms with Crippen LogP contribution in [0.25, 0.3) is 0 Å². The Balaban J connectivity index is 1.91. The fourth-order valence-corrected chi connectivity index (χ4v) is 3.41. The van der Waals surface area contributed by atoms with Gasteiger partial charge in [-0.15, -0.1) is 0 Å². The summed E-state index contributed by atoms with van der Waals surface area (Å²) in [5, 5.41) is 0. The molecule has 3 nitrogen and oxygen atoms in total. The van der Waals surface area contributed by atoms with Gasteiger partial charge in [0.05, 0.1) is 0 Å². The summed E-state index contributed by atoms with van der Waals surface area (Å²) < 4.78 is 5.52. The molecule has 3 heteroatoms. The average molecular weight is 317 g/mol. The lowest BCUT2D eigenvalue weighted by Crippen LogP contribution is -2.49. The second kappa shape index (κ2) is 6.94. The van der Waals surface area contributed by atoms with Crippen LogP contribution in [0.15, 0.2) is 30.3 Å². The van der Waals surface area contributed by atoms with Crippen LogP contribution in [0.3, 0.4) is 0 Å². The van der Waals surface area contributed by atoms with Gasteiger partial charge in [-0.1, -0.05) is 44.2 Å². The number of piperidine rings is 1. The zero-order valence-corrected chi connectivity index (χ0v) is 15.3. The Morgan fingerprint density at radius 1 is 1.26 bits per heavy atom. The third-order valence-corrected chi connectivity index (χ3v) is 4.73. The summed E-state index contributed by atoms with van der Waals surface area (Å²) in [6.07, 6.45) is 3.17. The molecule has 128 valence electrons. The first-order valence-corrected chi connectivity index (χ1v) is 8.69. The van der Waals surface area contributed by atoms with Gasteiger partial charge in [0.2, 0.25) is 0 Å². The highest BCUT2D eigenvalue weighted by Crippen LogP contribution is 2.38. The van der Waals surface area contributed by atoms with Gasteiger partial charge in [0, 0.05) is 13.1 Å². The van der Waals surface area contributed by atoms with E-state index in [-0.39, 0.29) is 11.5 Å². The molecule has 1 unspecified atom stereocenters. The molecule has 1 heterocycles. The summed E-state index contributed by atoms with van der Waals surface area (Å²) in [5.74, 6) is 0.640. The van der Waals surface area contributed by atoms with Crippen LogP contribution < -0.4 is 0 Å². The lowest BCUT2D eigenvalue weighted by molar-refractivity contribution is -0.00534. The molecule has 1 amide bonds. The number of hydrogen-bond acceptors (Lipinski definition) is 2. The second-order valence-electron chi connectivity index (χ2n) is 8.40. The lowest BCUT2D eigenvalue weighted by atomic mass is 9.71. The number of carbonyl (C=O) groups is 1. The van der Waals surface area contributed by atoms with Crippen LogP contribution in [0.4, 0.5) is 4.79 Å². The number of amides is 1. The van der Waals surface area contributed by atoms with E-state index in [2.05, 4.69) is 44.2 Å². The minimum atomic E-state index is -0.425. The van der Waals surface area contributed by atoms with E-state index in [1.165, 1.54) is 12.0 Å². The Bertz CT molecular complexity index is 516. The number of aryl methyl sites for hydroxylation is 1. The molecule has 1 fully saturated rings. The Hall–Kier alpha value is -1.51. The number of hydrogen-bond donors (Lipinski definition) is 0. The average Bonchev–Trinajstić information content (AvgIpc) is 2.44. The van der Waals surface area contributed by atoms with E-state index in [1.54, 1.807) is 0 Å². The minimum Gasteiger partial charge on any atom is -0.444 e. The van der Waals surface area contributed by atoms with Gasteiger partial charge in [0.25, 0.3) is 0 Å². The number of benzene rings is 1. The van der Waals surface area contributed by atoms with Crippen LogP contribution in [0.1, 0.15) is 53.0 Å². The van der Waals surface area contributed by atoms with Gasteiger partial charge in [-0.2, -0.15) is 0 Å². The molecule has 0 bridgehead atoms. The first-order valence-electron chi connectivity index (χ1n) is 8.69. The number of rotatable bonds is 3. The summed E-state index contributed by atoms with van der Waals surface area (Å²) in [6.45, 7) is 11.9. The van der Waals surface area contributed by atoms with Crippen LogP contribution in [0.2, 0.25) is 0 Å². The van der Waals surface area contributed by atoms with E-state index in [4.69, 9.17) is 4.74 Å². The molecule has 0 aromatic heterocycles. The van der Waals surface area contributed by atoms with Gasteiger partial charge in [0.15, 0.2) is 0 Å². The molecule has 2 rings (SSSR count). The zero-order valence-electron chi connectivity index (χ0n) is 15.3. The van der Waals surface area contributed by atoms with Crippen molar-refractivity contribution >= 4 is 6.09 Å². The van der Waals surface area contributed by atoms with Crippen LogP contribution in [-0.2, 0) is 11.2 Å². The Kier molecular flexibility index (Phi) is 5.38. The summed E-state index contributed by atoms with van der Waals surface area (Å²) in [4.78, 5) is 14.2. The van der Waals surface area contributed by atoms with Gasteiger partial charge in [-0.25, -0.2) is 4.79 Å². The Morgan fingerprint density at radius 3 is 2.48 bits per heavy atom. The third kappa shape index (κ3) is 5.26. The first kappa shape index (κ1) is 17.8.